The fraction of sp³-hybridized carbons (Fsp3) is 0.545. The number of anilines is 1. The monoisotopic (exact) mass is 526 g/mol. The van der Waals surface area contributed by atoms with E-state index >= 15 is 0 Å². The maximum absolute atomic E-state index is 5.59. The van der Waals surface area contributed by atoms with Crippen LogP contribution < -0.4 is 15.5 Å². The number of nitrogens with zero attached hydrogens (tertiary/aromatic N) is 4. The summed E-state index contributed by atoms with van der Waals surface area (Å²) < 4.78 is 5.59. The van der Waals surface area contributed by atoms with Gasteiger partial charge in [-0.3, -0.25) is 9.89 Å². The Kier molecular flexibility index (Phi) is 9.90. The molecule has 0 bridgehead atoms. The van der Waals surface area contributed by atoms with Gasteiger partial charge in [0.25, 0.3) is 0 Å². The number of aliphatic imine (C=N–C) groups is 1. The normalized spacial score (nSPS) is 15.1. The Morgan fingerprint density at radius 2 is 1.90 bits per heavy atom. The average molecular weight is 526 g/mol. The molecule has 2 N–H and O–H groups in total. The Bertz CT molecular complexity index is 794. The first kappa shape index (κ1) is 24.5. The van der Waals surface area contributed by atoms with Crippen LogP contribution in [0.15, 0.2) is 33.7 Å². The minimum atomic E-state index is 0. The van der Waals surface area contributed by atoms with E-state index in [9.17, 15) is 0 Å². The quantitative estimate of drug-likeness (QED) is 0.250. The number of halogens is 1. The van der Waals surface area contributed by atoms with Crippen LogP contribution in [0, 0.1) is 20.8 Å². The van der Waals surface area contributed by atoms with Crippen molar-refractivity contribution in [3.63, 3.8) is 0 Å². The third-order valence-corrected chi connectivity index (χ3v) is 5.39. The minimum absolute atomic E-state index is 0. The van der Waals surface area contributed by atoms with Crippen LogP contribution in [-0.4, -0.2) is 62.2 Å². The zero-order valence-electron chi connectivity index (χ0n) is 18.6. The lowest BCUT2D eigenvalue weighted by Crippen LogP contribution is -2.47. The van der Waals surface area contributed by atoms with E-state index in [-0.39, 0.29) is 24.0 Å². The molecular weight excluding hydrogens is 491 g/mol. The van der Waals surface area contributed by atoms with Crippen molar-refractivity contribution >= 4 is 35.6 Å². The van der Waals surface area contributed by atoms with Gasteiger partial charge in [0.15, 0.2) is 5.96 Å². The summed E-state index contributed by atoms with van der Waals surface area (Å²) >= 11 is 0. The van der Waals surface area contributed by atoms with E-state index in [1.54, 1.807) is 7.05 Å². The van der Waals surface area contributed by atoms with Gasteiger partial charge < -0.3 is 20.0 Å². The summed E-state index contributed by atoms with van der Waals surface area (Å²) in [7, 11) is 1.78. The van der Waals surface area contributed by atoms with Crippen molar-refractivity contribution in [1.82, 2.24) is 20.5 Å². The van der Waals surface area contributed by atoms with E-state index in [1.165, 1.54) is 11.3 Å². The zero-order chi connectivity index (χ0) is 20.6. The molecule has 2 aromatic rings. The summed E-state index contributed by atoms with van der Waals surface area (Å²) in [5, 5.41) is 6.63. The fourth-order valence-corrected chi connectivity index (χ4v) is 3.56. The lowest BCUT2D eigenvalue weighted by Gasteiger charge is -2.36. The Balaban J connectivity index is 0.00000320. The van der Waals surface area contributed by atoms with Crippen LogP contribution in [0.4, 0.5) is 5.69 Å². The van der Waals surface area contributed by atoms with Gasteiger partial charge in [0.05, 0.1) is 12.2 Å². The molecule has 0 atom stereocenters. The third kappa shape index (κ3) is 7.16. The summed E-state index contributed by atoms with van der Waals surface area (Å²) in [4.78, 5) is 13.7. The standard InChI is InChI=1S/C22H34N6O.HI/c1-17-7-5-8-20(15-17)28-13-11-27(12-14-28)10-6-9-24-22(23-4)25-16-21-26-18(2)19(3)29-21;/h5,7-8,15H,6,9-14,16H2,1-4H3,(H2,23,24,25);1H. The molecule has 30 heavy (non-hydrogen) atoms. The Morgan fingerprint density at radius 1 is 1.13 bits per heavy atom. The molecule has 0 unspecified atom stereocenters. The van der Waals surface area contributed by atoms with E-state index in [0.717, 1.165) is 63.1 Å². The van der Waals surface area contributed by atoms with Gasteiger partial charge in [-0.1, -0.05) is 12.1 Å². The molecule has 8 heteroatoms. The Morgan fingerprint density at radius 3 is 2.53 bits per heavy atom. The molecule has 3 rings (SSSR count). The SMILES string of the molecule is CN=C(NCCCN1CCN(c2cccc(C)c2)CC1)NCc1nc(C)c(C)o1.I. The van der Waals surface area contributed by atoms with Crippen molar-refractivity contribution in [2.75, 3.05) is 51.2 Å². The van der Waals surface area contributed by atoms with Gasteiger partial charge in [-0.25, -0.2) is 4.98 Å². The van der Waals surface area contributed by atoms with Crippen molar-refractivity contribution in [3.05, 3.63) is 47.2 Å². The van der Waals surface area contributed by atoms with Gasteiger partial charge in [-0.2, -0.15) is 0 Å². The van der Waals surface area contributed by atoms with Crippen LogP contribution >= 0.6 is 24.0 Å². The fourth-order valence-electron chi connectivity index (χ4n) is 3.56. The predicted molar refractivity (Wildman–Crippen MR) is 134 cm³/mol. The molecule has 166 valence electrons. The van der Waals surface area contributed by atoms with Crippen LogP contribution in [0.5, 0.6) is 0 Å². The molecule has 1 saturated heterocycles. The van der Waals surface area contributed by atoms with Crippen LogP contribution in [0.1, 0.15) is 29.3 Å². The van der Waals surface area contributed by atoms with Crippen LogP contribution in [0.25, 0.3) is 0 Å². The smallest absolute Gasteiger partial charge is 0.214 e. The molecule has 0 saturated carbocycles. The molecule has 0 aliphatic carbocycles. The number of aromatic nitrogens is 1. The van der Waals surface area contributed by atoms with Gasteiger partial charge in [-0.05, 0) is 51.4 Å². The molecule has 0 amide bonds. The number of hydrogen-bond donors (Lipinski definition) is 2. The number of aryl methyl sites for hydroxylation is 3. The highest BCUT2D eigenvalue weighted by Crippen LogP contribution is 2.17. The average Bonchev–Trinajstić information content (AvgIpc) is 3.05. The van der Waals surface area contributed by atoms with Crippen LogP contribution in [0.3, 0.4) is 0 Å². The number of nitrogens with one attached hydrogen (secondary N) is 2. The van der Waals surface area contributed by atoms with Crippen molar-refractivity contribution in [1.29, 1.82) is 0 Å². The molecule has 1 aliphatic heterocycles. The number of rotatable bonds is 7. The first-order valence-electron chi connectivity index (χ1n) is 10.5. The summed E-state index contributed by atoms with van der Waals surface area (Å²) in [6.07, 6.45) is 1.09. The molecule has 0 spiro atoms. The summed E-state index contributed by atoms with van der Waals surface area (Å²) in [6.45, 7) is 13.0. The number of piperazine rings is 1. The number of hydrogen-bond acceptors (Lipinski definition) is 5. The second kappa shape index (κ2) is 12.1. The molecule has 7 nitrogen and oxygen atoms in total. The molecule has 1 aliphatic rings. The van der Waals surface area contributed by atoms with Crippen molar-refractivity contribution < 1.29 is 4.42 Å². The zero-order valence-corrected chi connectivity index (χ0v) is 20.9. The highest BCUT2D eigenvalue weighted by molar-refractivity contribution is 14.0. The second-order valence-electron chi connectivity index (χ2n) is 7.62. The predicted octanol–water partition coefficient (Wildman–Crippen LogP) is 3.10. The summed E-state index contributed by atoms with van der Waals surface area (Å²) in [5.74, 6) is 2.34. The number of oxazole rings is 1. The first-order valence-corrected chi connectivity index (χ1v) is 10.5. The van der Waals surface area contributed by atoms with Gasteiger partial charge >= 0.3 is 0 Å². The second-order valence-corrected chi connectivity index (χ2v) is 7.62. The van der Waals surface area contributed by atoms with Gasteiger partial charge in [0, 0.05) is 45.5 Å². The minimum Gasteiger partial charge on any atom is -0.444 e. The summed E-state index contributed by atoms with van der Waals surface area (Å²) in [6, 6.07) is 8.79. The Hall–Kier alpha value is -1.81. The Labute approximate surface area is 197 Å². The molecule has 0 radical (unpaired) electrons. The summed E-state index contributed by atoms with van der Waals surface area (Å²) in [5.41, 5.74) is 3.61. The maximum Gasteiger partial charge on any atom is 0.214 e. The highest BCUT2D eigenvalue weighted by Gasteiger charge is 2.16. The van der Waals surface area contributed by atoms with Gasteiger partial charge in [0.1, 0.15) is 5.76 Å². The lowest BCUT2D eigenvalue weighted by molar-refractivity contribution is 0.255. The highest BCUT2D eigenvalue weighted by atomic mass is 127. The molecular formula is C22H35IN6O. The molecule has 1 fully saturated rings. The largest absolute Gasteiger partial charge is 0.444 e. The number of benzene rings is 1. The number of guanidine groups is 1. The van der Waals surface area contributed by atoms with Crippen molar-refractivity contribution in [2.45, 2.75) is 33.7 Å². The van der Waals surface area contributed by atoms with E-state index in [4.69, 9.17) is 4.42 Å². The van der Waals surface area contributed by atoms with E-state index in [2.05, 4.69) is 61.6 Å². The van der Waals surface area contributed by atoms with Crippen LogP contribution in [0.2, 0.25) is 0 Å². The van der Waals surface area contributed by atoms with E-state index in [1.807, 2.05) is 13.8 Å². The topological polar surface area (TPSA) is 68.9 Å². The van der Waals surface area contributed by atoms with Crippen molar-refractivity contribution in [3.8, 4) is 0 Å². The van der Waals surface area contributed by atoms with Gasteiger partial charge in [-0.15, -0.1) is 24.0 Å². The molecule has 1 aromatic carbocycles. The van der Waals surface area contributed by atoms with Gasteiger partial charge in [0.2, 0.25) is 5.89 Å². The molecule has 2 heterocycles. The van der Waals surface area contributed by atoms with Crippen molar-refractivity contribution in [2.24, 2.45) is 4.99 Å². The van der Waals surface area contributed by atoms with E-state index in [0.29, 0.717) is 12.4 Å². The third-order valence-electron chi connectivity index (χ3n) is 5.39. The lowest BCUT2D eigenvalue weighted by atomic mass is 10.2. The van der Waals surface area contributed by atoms with Crippen LogP contribution in [-0.2, 0) is 6.54 Å². The first-order chi connectivity index (χ1) is 14.0. The maximum atomic E-state index is 5.59. The van der Waals surface area contributed by atoms with E-state index < -0.39 is 0 Å². The molecule has 1 aromatic heterocycles.